The lowest BCUT2D eigenvalue weighted by molar-refractivity contribution is -0.130. The van der Waals surface area contributed by atoms with E-state index in [1.807, 2.05) is 11.8 Å². The van der Waals surface area contributed by atoms with Crippen molar-refractivity contribution < 1.29 is 4.79 Å². The van der Waals surface area contributed by atoms with Crippen molar-refractivity contribution in [3.05, 3.63) is 0 Å². The number of nitrogens with zero attached hydrogens (tertiary/aromatic N) is 3. The molecule has 0 aromatic carbocycles. The van der Waals surface area contributed by atoms with Crippen LogP contribution in [-0.4, -0.2) is 65.6 Å². The molecule has 6 heteroatoms. The summed E-state index contributed by atoms with van der Waals surface area (Å²) in [6.07, 6.45) is 5.44. The highest BCUT2D eigenvalue weighted by Gasteiger charge is 2.30. The van der Waals surface area contributed by atoms with Gasteiger partial charge in [0.25, 0.3) is 0 Å². The first kappa shape index (κ1) is 16.1. The molecule has 0 radical (unpaired) electrons. The SMILES string of the molecule is N#C[C@@H]1CCCN1C(=O)CNC1CCC(CN2CCSC2)C1. The zero-order valence-electron chi connectivity index (χ0n) is 13.2. The highest BCUT2D eigenvalue weighted by Crippen LogP contribution is 2.28. The third-order valence-corrected chi connectivity index (χ3v) is 6.17. The fourth-order valence-electron chi connectivity index (χ4n) is 3.92. The van der Waals surface area contributed by atoms with Gasteiger partial charge >= 0.3 is 0 Å². The Labute approximate surface area is 137 Å². The van der Waals surface area contributed by atoms with Crippen LogP contribution in [-0.2, 0) is 4.79 Å². The average Bonchev–Trinajstić information content (AvgIpc) is 3.26. The lowest BCUT2D eigenvalue weighted by Crippen LogP contribution is -2.43. The van der Waals surface area contributed by atoms with E-state index < -0.39 is 0 Å². The number of carbonyl (C=O) groups excluding carboxylic acids is 1. The standard InChI is InChI=1S/C16H26N4OS/c17-9-15-2-1-5-20(15)16(21)10-18-14-4-3-13(8-14)11-19-6-7-22-12-19/h13-15,18H,1-8,10-12H2/t13?,14?,15-/m0/s1. The minimum atomic E-state index is -0.196. The second-order valence-electron chi connectivity index (χ2n) is 6.75. The first-order chi connectivity index (χ1) is 10.8. The van der Waals surface area contributed by atoms with E-state index in [9.17, 15) is 4.79 Å². The number of amides is 1. The first-order valence-electron chi connectivity index (χ1n) is 8.49. The van der Waals surface area contributed by atoms with Crippen LogP contribution in [0.3, 0.4) is 0 Å². The van der Waals surface area contributed by atoms with Gasteiger partial charge < -0.3 is 10.2 Å². The summed E-state index contributed by atoms with van der Waals surface area (Å²) in [6.45, 7) is 3.61. The van der Waals surface area contributed by atoms with E-state index in [1.165, 1.54) is 44.0 Å². The Morgan fingerprint density at radius 1 is 1.32 bits per heavy atom. The highest BCUT2D eigenvalue weighted by atomic mass is 32.2. The summed E-state index contributed by atoms with van der Waals surface area (Å²) in [5, 5.41) is 12.5. The third-order valence-electron chi connectivity index (χ3n) is 5.15. The van der Waals surface area contributed by atoms with Crippen molar-refractivity contribution in [1.82, 2.24) is 15.1 Å². The molecular weight excluding hydrogens is 296 g/mol. The van der Waals surface area contributed by atoms with Gasteiger partial charge in [0.2, 0.25) is 5.91 Å². The molecule has 22 heavy (non-hydrogen) atoms. The number of nitrogens with one attached hydrogen (secondary N) is 1. The van der Waals surface area contributed by atoms with Crippen molar-refractivity contribution in [1.29, 1.82) is 5.26 Å². The molecule has 1 aliphatic carbocycles. The second-order valence-corrected chi connectivity index (χ2v) is 7.82. The summed E-state index contributed by atoms with van der Waals surface area (Å²) in [5.74, 6) is 3.35. The van der Waals surface area contributed by atoms with E-state index in [-0.39, 0.29) is 11.9 Å². The molecule has 0 aromatic heterocycles. The molecule has 3 fully saturated rings. The van der Waals surface area contributed by atoms with Crippen molar-refractivity contribution in [3.63, 3.8) is 0 Å². The van der Waals surface area contributed by atoms with Crippen LogP contribution >= 0.6 is 11.8 Å². The molecule has 1 amide bonds. The third kappa shape index (κ3) is 3.95. The van der Waals surface area contributed by atoms with Gasteiger partial charge in [0.1, 0.15) is 6.04 Å². The minimum absolute atomic E-state index is 0.100. The number of likely N-dealkylation sites (tertiary alicyclic amines) is 1. The number of hydrogen-bond acceptors (Lipinski definition) is 5. The molecule has 2 saturated heterocycles. The van der Waals surface area contributed by atoms with E-state index >= 15 is 0 Å². The normalized spacial score (nSPS) is 32.5. The van der Waals surface area contributed by atoms with Crippen LogP contribution in [0, 0.1) is 17.2 Å². The number of carbonyl (C=O) groups is 1. The monoisotopic (exact) mass is 322 g/mol. The van der Waals surface area contributed by atoms with Crippen LogP contribution in [0.25, 0.3) is 0 Å². The maximum atomic E-state index is 12.2. The van der Waals surface area contributed by atoms with Crippen molar-refractivity contribution >= 4 is 17.7 Å². The van der Waals surface area contributed by atoms with E-state index in [0.717, 1.165) is 25.3 Å². The molecule has 1 saturated carbocycles. The maximum absolute atomic E-state index is 12.2. The molecule has 1 N–H and O–H groups in total. The Balaban J connectivity index is 1.37. The Bertz CT molecular complexity index is 432. The van der Waals surface area contributed by atoms with Gasteiger partial charge in [0, 0.05) is 37.3 Å². The number of nitriles is 1. The summed E-state index contributed by atoms with van der Waals surface area (Å²) in [7, 11) is 0. The summed E-state index contributed by atoms with van der Waals surface area (Å²) in [4.78, 5) is 16.5. The minimum Gasteiger partial charge on any atom is -0.326 e. The zero-order chi connectivity index (χ0) is 15.4. The fourth-order valence-corrected chi connectivity index (χ4v) is 4.93. The quantitative estimate of drug-likeness (QED) is 0.826. The maximum Gasteiger partial charge on any atom is 0.237 e. The highest BCUT2D eigenvalue weighted by molar-refractivity contribution is 7.99. The van der Waals surface area contributed by atoms with Gasteiger partial charge in [-0.2, -0.15) is 5.26 Å². The van der Waals surface area contributed by atoms with Gasteiger partial charge in [-0.15, -0.1) is 11.8 Å². The van der Waals surface area contributed by atoms with Crippen LogP contribution in [0.15, 0.2) is 0 Å². The van der Waals surface area contributed by atoms with Crippen LogP contribution in [0.2, 0.25) is 0 Å². The summed E-state index contributed by atoms with van der Waals surface area (Å²) in [5.41, 5.74) is 0. The largest absolute Gasteiger partial charge is 0.326 e. The van der Waals surface area contributed by atoms with E-state index in [4.69, 9.17) is 5.26 Å². The second kappa shape index (κ2) is 7.67. The molecule has 0 aromatic rings. The molecule has 3 rings (SSSR count). The average molecular weight is 322 g/mol. The summed E-state index contributed by atoms with van der Waals surface area (Å²) < 4.78 is 0. The van der Waals surface area contributed by atoms with E-state index in [2.05, 4.69) is 16.3 Å². The fraction of sp³-hybridized carbons (Fsp3) is 0.875. The predicted octanol–water partition coefficient (Wildman–Crippen LogP) is 1.27. The van der Waals surface area contributed by atoms with Crippen molar-refractivity contribution in [2.75, 3.05) is 37.8 Å². The Hall–Kier alpha value is -0.770. The molecule has 2 heterocycles. The van der Waals surface area contributed by atoms with Gasteiger partial charge in [-0.05, 0) is 38.0 Å². The van der Waals surface area contributed by atoms with Crippen LogP contribution in [0.4, 0.5) is 0 Å². The first-order valence-corrected chi connectivity index (χ1v) is 9.64. The van der Waals surface area contributed by atoms with E-state index in [0.29, 0.717) is 12.6 Å². The van der Waals surface area contributed by atoms with Gasteiger partial charge in [0.05, 0.1) is 12.6 Å². The smallest absolute Gasteiger partial charge is 0.237 e. The Morgan fingerprint density at radius 3 is 3.00 bits per heavy atom. The molecular formula is C16H26N4OS. The summed E-state index contributed by atoms with van der Waals surface area (Å²) >= 11 is 2.03. The Morgan fingerprint density at radius 2 is 2.23 bits per heavy atom. The molecule has 0 spiro atoms. The van der Waals surface area contributed by atoms with Gasteiger partial charge in [-0.3, -0.25) is 9.69 Å². The van der Waals surface area contributed by atoms with Crippen molar-refractivity contribution in [2.45, 2.75) is 44.2 Å². The molecule has 2 aliphatic heterocycles. The zero-order valence-corrected chi connectivity index (χ0v) is 14.0. The number of hydrogen-bond donors (Lipinski definition) is 1. The van der Waals surface area contributed by atoms with Crippen molar-refractivity contribution in [2.24, 2.45) is 5.92 Å². The topological polar surface area (TPSA) is 59.4 Å². The van der Waals surface area contributed by atoms with Crippen LogP contribution < -0.4 is 5.32 Å². The van der Waals surface area contributed by atoms with Crippen molar-refractivity contribution in [3.8, 4) is 6.07 Å². The van der Waals surface area contributed by atoms with Gasteiger partial charge in [-0.1, -0.05) is 0 Å². The van der Waals surface area contributed by atoms with Crippen LogP contribution in [0.1, 0.15) is 32.1 Å². The molecule has 0 bridgehead atoms. The number of rotatable bonds is 5. The van der Waals surface area contributed by atoms with E-state index in [1.54, 1.807) is 4.90 Å². The molecule has 3 aliphatic rings. The molecule has 5 nitrogen and oxygen atoms in total. The number of thioether (sulfide) groups is 1. The molecule has 2 unspecified atom stereocenters. The van der Waals surface area contributed by atoms with Gasteiger partial charge in [-0.25, -0.2) is 0 Å². The lowest BCUT2D eigenvalue weighted by Gasteiger charge is -2.22. The summed E-state index contributed by atoms with van der Waals surface area (Å²) in [6, 6.07) is 2.52. The van der Waals surface area contributed by atoms with Gasteiger partial charge in [0.15, 0.2) is 0 Å². The molecule has 122 valence electrons. The Kier molecular flexibility index (Phi) is 5.61. The molecule has 3 atom stereocenters. The lowest BCUT2D eigenvalue weighted by atomic mass is 10.1. The predicted molar refractivity (Wildman–Crippen MR) is 88.4 cm³/mol. The van der Waals surface area contributed by atoms with Crippen LogP contribution in [0.5, 0.6) is 0 Å².